The highest BCUT2D eigenvalue weighted by atomic mass is 32.2. The molecule has 28 heavy (non-hydrogen) atoms. The first-order valence-electron chi connectivity index (χ1n) is 10.0. The summed E-state index contributed by atoms with van der Waals surface area (Å²) in [5.41, 5.74) is 0.933. The van der Waals surface area contributed by atoms with Crippen LogP contribution in [0.3, 0.4) is 0 Å². The van der Waals surface area contributed by atoms with Gasteiger partial charge in [0, 0.05) is 38.6 Å². The molecular weight excluding hydrogens is 374 g/mol. The van der Waals surface area contributed by atoms with Crippen LogP contribution in [-0.4, -0.2) is 43.7 Å². The molecule has 2 heterocycles. The topological polar surface area (TPSA) is 73.0 Å². The lowest BCUT2D eigenvalue weighted by Gasteiger charge is -2.27. The second-order valence-electron chi connectivity index (χ2n) is 8.41. The molecule has 0 aromatic carbocycles. The highest BCUT2D eigenvalue weighted by Crippen LogP contribution is 2.21. The van der Waals surface area contributed by atoms with Crippen LogP contribution >= 0.6 is 0 Å². The Balaban J connectivity index is 2.36. The van der Waals surface area contributed by atoms with E-state index >= 15 is 0 Å². The highest BCUT2D eigenvalue weighted by Gasteiger charge is 2.27. The van der Waals surface area contributed by atoms with Crippen molar-refractivity contribution in [3.63, 3.8) is 0 Å². The maximum Gasteiger partial charge on any atom is 0.228 e. The van der Waals surface area contributed by atoms with Crippen LogP contribution in [0.1, 0.15) is 59.5 Å². The van der Waals surface area contributed by atoms with Crippen molar-refractivity contribution in [3.8, 4) is 0 Å². The van der Waals surface area contributed by atoms with Crippen molar-refractivity contribution in [3.05, 3.63) is 30.1 Å². The standard InChI is InChI=1S/C20H35N5O2S/c1-15(2)8-10-25-18(12-22-20(25)28(26,27)17(5)6)13-24(16(3)4)14-19-21-9-11-23(19)7/h9,11-12,15-17H,8,10,13-14H2,1-7H3. The number of sulfone groups is 1. The predicted octanol–water partition coefficient (Wildman–Crippen LogP) is 3.26. The SMILES string of the molecule is CC(C)CCn1c(CN(Cc2nccn2C)C(C)C)cnc1S(=O)(=O)C(C)C. The summed E-state index contributed by atoms with van der Waals surface area (Å²) in [6.07, 6.45) is 6.37. The molecule has 2 aromatic rings. The van der Waals surface area contributed by atoms with E-state index in [-0.39, 0.29) is 11.2 Å². The van der Waals surface area contributed by atoms with E-state index in [1.54, 1.807) is 26.2 Å². The Bertz CT molecular complexity index is 865. The summed E-state index contributed by atoms with van der Waals surface area (Å²) >= 11 is 0. The monoisotopic (exact) mass is 409 g/mol. The van der Waals surface area contributed by atoms with Gasteiger partial charge in [0.1, 0.15) is 5.82 Å². The van der Waals surface area contributed by atoms with Gasteiger partial charge in [0.05, 0.1) is 23.7 Å². The van der Waals surface area contributed by atoms with Crippen LogP contribution < -0.4 is 0 Å². The minimum Gasteiger partial charge on any atom is -0.337 e. The minimum atomic E-state index is -3.43. The minimum absolute atomic E-state index is 0.193. The van der Waals surface area contributed by atoms with Gasteiger partial charge < -0.3 is 9.13 Å². The Kier molecular flexibility index (Phi) is 7.45. The van der Waals surface area contributed by atoms with Gasteiger partial charge in [-0.1, -0.05) is 13.8 Å². The lowest BCUT2D eigenvalue weighted by atomic mass is 10.1. The van der Waals surface area contributed by atoms with Crippen molar-refractivity contribution in [1.29, 1.82) is 0 Å². The van der Waals surface area contributed by atoms with E-state index in [0.29, 0.717) is 25.6 Å². The molecule has 2 aromatic heterocycles. The fraction of sp³-hybridized carbons (Fsp3) is 0.700. The summed E-state index contributed by atoms with van der Waals surface area (Å²) in [5.74, 6) is 1.47. The summed E-state index contributed by atoms with van der Waals surface area (Å²) < 4.78 is 29.6. The first kappa shape index (κ1) is 22.6. The summed E-state index contributed by atoms with van der Waals surface area (Å²) in [7, 11) is -1.44. The van der Waals surface area contributed by atoms with Crippen molar-refractivity contribution < 1.29 is 8.42 Å². The predicted molar refractivity (Wildman–Crippen MR) is 112 cm³/mol. The molecule has 7 nitrogen and oxygen atoms in total. The lowest BCUT2D eigenvalue weighted by molar-refractivity contribution is 0.190. The number of imidazole rings is 2. The Morgan fingerprint density at radius 2 is 1.75 bits per heavy atom. The van der Waals surface area contributed by atoms with Gasteiger partial charge >= 0.3 is 0 Å². The maximum atomic E-state index is 12.8. The molecule has 2 rings (SSSR count). The first-order chi connectivity index (χ1) is 13.0. The molecule has 0 bridgehead atoms. The molecule has 0 unspecified atom stereocenters. The molecule has 0 saturated heterocycles. The van der Waals surface area contributed by atoms with E-state index in [1.807, 2.05) is 22.4 Å². The number of aryl methyl sites for hydroxylation is 1. The van der Waals surface area contributed by atoms with Gasteiger partial charge in [0.2, 0.25) is 15.0 Å². The molecule has 158 valence electrons. The van der Waals surface area contributed by atoms with Gasteiger partial charge in [-0.2, -0.15) is 0 Å². The molecule has 0 radical (unpaired) electrons. The van der Waals surface area contributed by atoms with E-state index in [9.17, 15) is 8.42 Å². The van der Waals surface area contributed by atoms with Gasteiger partial charge in [-0.15, -0.1) is 0 Å². The number of hydrogen-bond donors (Lipinski definition) is 0. The summed E-state index contributed by atoms with van der Waals surface area (Å²) in [5, 5.41) is -0.298. The second kappa shape index (κ2) is 9.22. The van der Waals surface area contributed by atoms with E-state index < -0.39 is 15.1 Å². The summed E-state index contributed by atoms with van der Waals surface area (Å²) in [6.45, 7) is 14.0. The van der Waals surface area contributed by atoms with Crippen molar-refractivity contribution in [2.45, 2.75) is 84.0 Å². The number of hydrogen-bond acceptors (Lipinski definition) is 5. The molecule has 0 fully saturated rings. The smallest absolute Gasteiger partial charge is 0.228 e. The lowest BCUT2D eigenvalue weighted by Crippen LogP contribution is -2.32. The van der Waals surface area contributed by atoms with Crippen LogP contribution in [0.5, 0.6) is 0 Å². The van der Waals surface area contributed by atoms with Gasteiger partial charge in [-0.05, 0) is 40.0 Å². The van der Waals surface area contributed by atoms with E-state index in [1.165, 1.54) is 0 Å². The third-order valence-electron chi connectivity index (χ3n) is 5.07. The van der Waals surface area contributed by atoms with Gasteiger partial charge in [0.15, 0.2) is 0 Å². The van der Waals surface area contributed by atoms with Crippen molar-refractivity contribution in [1.82, 2.24) is 24.0 Å². The molecule has 0 saturated carbocycles. The van der Waals surface area contributed by atoms with Crippen LogP contribution in [-0.2, 0) is 36.5 Å². The van der Waals surface area contributed by atoms with E-state index in [0.717, 1.165) is 17.9 Å². The fourth-order valence-corrected chi connectivity index (χ4v) is 4.08. The zero-order valence-corrected chi connectivity index (χ0v) is 19.1. The maximum absolute atomic E-state index is 12.8. The average Bonchev–Trinajstić information content (AvgIpc) is 3.18. The molecule has 0 aliphatic carbocycles. The summed E-state index contributed by atoms with van der Waals surface area (Å²) in [6, 6.07) is 0.287. The van der Waals surface area contributed by atoms with Crippen molar-refractivity contribution in [2.24, 2.45) is 13.0 Å². The van der Waals surface area contributed by atoms with Gasteiger partial charge in [-0.3, -0.25) is 4.90 Å². The molecule has 0 aliphatic rings. The molecule has 0 atom stereocenters. The molecule has 0 N–H and O–H groups in total. The van der Waals surface area contributed by atoms with Gasteiger partial charge in [-0.25, -0.2) is 18.4 Å². The third-order valence-corrected chi connectivity index (χ3v) is 7.14. The number of rotatable bonds is 10. The number of aromatic nitrogens is 4. The molecule has 0 aliphatic heterocycles. The Morgan fingerprint density at radius 3 is 2.25 bits per heavy atom. The molecule has 0 spiro atoms. The van der Waals surface area contributed by atoms with E-state index in [4.69, 9.17) is 0 Å². The normalized spacial score (nSPS) is 12.8. The zero-order chi connectivity index (χ0) is 21.1. The Hall–Kier alpha value is -1.67. The number of nitrogens with zero attached hydrogens (tertiary/aromatic N) is 5. The third kappa shape index (κ3) is 5.23. The van der Waals surface area contributed by atoms with Crippen LogP contribution in [0.4, 0.5) is 0 Å². The van der Waals surface area contributed by atoms with Crippen molar-refractivity contribution in [2.75, 3.05) is 0 Å². The van der Waals surface area contributed by atoms with Gasteiger partial charge in [0.25, 0.3) is 0 Å². The van der Waals surface area contributed by atoms with Crippen LogP contribution in [0, 0.1) is 5.92 Å². The molecule has 0 amide bonds. The van der Waals surface area contributed by atoms with Crippen LogP contribution in [0.15, 0.2) is 23.7 Å². The zero-order valence-electron chi connectivity index (χ0n) is 18.3. The fourth-order valence-electron chi connectivity index (χ4n) is 2.94. The van der Waals surface area contributed by atoms with Crippen LogP contribution in [0.2, 0.25) is 0 Å². The average molecular weight is 410 g/mol. The summed E-state index contributed by atoms with van der Waals surface area (Å²) in [4.78, 5) is 11.1. The van der Waals surface area contributed by atoms with Crippen LogP contribution in [0.25, 0.3) is 0 Å². The second-order valence-corrected chi connectivity index (χ2v) is 10.8. The highest BCUT2D eigenvalue weighted by molar-refractivity contribution is 7.91. The van der Waals surface area contributed by atoms with Crippen molar-refractivity contribution >= 4 is 9.84 Å². The van der Waals surface area contributed by atoms with E-state index in [2.05, 4.69) is 42.6 Å². The molecule has 8 heteroatoms. The Morgan fingerprint density at radius 1 is 1.07 bits per heavy atom. The Labute approximate surface area is 169 Å². The first-order valence-corrected chi connectivity index (χ1v) is 11.6. The quantitative estimate of drug-likeness (QED) is 0.602. The molecular formula is C20H35N5O2S. The largest absolute Gasteiger partial charge is 0.337 e.